The van der Waals surface area contributed by atoms with Crippen LogP contribution in [0.5, 0.6) is 0 Å². The van der Waals surface area contributed by atoms with E-state index < -0.39 is 0 Å². The summed E-state index contributed by atoms with van der Waals surface area (Å²) in [5.41, 5.74) is 7.56. The van der Waals surface area contributed by atoms with Crippen molar-refractivity contribution in [1.82, 2.24) is 4.90 Å². The zero-order valence-electron chi connectivity index (χ0n) is 12.2. The van der Waals surface area contributed by atoms with E-state index in [0.717, 1.165) is 36.9 Å². The lowest BCUT2D eigenvalue weighted by Gasteiger charge is -2.28. The second-order valence-corrected chi connectivity index (χ2v) is 6.49. The number of hydrogen-bond donors (Lipinski definition) is 1. The molecule has 2 N–H and O–H groups in total. The molecule has 0 atom stereocenters. The first-order valence-electron chi connectivity index (χ1n) is 7.09. The number of aryl methyl sites for hydroxylation is 1. The Morgan fingerprint density at radius 2 is 2.10 bits per heavy atom. The highest BCUT2D eigenvalue weighted by atomic mass is 32.1. The fraction of sp³-hybridized carbons (Fsp3) is 0.500. The van der Waals surface area contributed by atoms with E-state index in [-0.39, 0.29) is 11.3 Å². The fourth-order valence-electron chi connectivity index (χ4n) is 2.43. The van der Waals surface area contributed by atoms with Crippen molar-refractivity contribution in [3.05, 3.63) is 35.4 Å². The van der Waals surface area contributed by atoms with Crippen molar-refractivity contribution in [2.45, 2.75) is 33.1 Å². The zero-order chi connectivity index (χ0) is 14.8. The molecule has 1 amide bonds. The lowest BCUT2D eigenvalue weighted by molar-refractivity contribution is 0.0749. The zero-order valence-corrected chi connectivity index (χ0v) is 13.0. The molecule has 1 aliphatic heterocycles. The molecule has 3 nitrogen and oxygen atoms in total. The Balaban J connectivity index is 2.11. The van der Waals surface area contributed by atoms with Crippen LogP contribution in [0.1, 0.15) is 42.6 Å². The Kier molecular flexibility index (Phi) is 4.43. The molecule has 0 fully saturated rings. The number of carbonyl (C=O) groups is 1. The standard InChI is InChI=1S/C16H22N2OS/c1-16(2,15(17)20)9-11-18-10-5-7-12-6-3-4-8-13(12)14(18)19/h3-4,6,8H,5,7,9-11H2,1-2H3,(H2,17,20). The summed E-state index contributed by atoms with van der Waals surface area (Å²) in [6, 6.07) is 7.90. The lowest BCUT2D eigenvalue weighted by Crippen LogP contribution is -2.37. The fourth-order valence-corrected chi connectivity index (χ4v) is 2.53. The molecule has 0 aliphatic carbocycles. The minimum absolute atomic E-state index is 0.136. The summed E-state index contributed by atoms with van der Waals surface area (Å²) in [5, 5.41) is 0. The van der Waals surface area contributed by atoms with Gasteiger partial charge in [0.2, 0.25) is 0 Å². The summed E-state index contributed by atoms with van der Waals surface area (Å²) >= 11 is 5.09. The van der Waals surface area contributed by atoms with E-state index in [9.17, 15) is 4.79 Å². The molecule has 1 aromatic rings. The number of carbonyl (C=O) groups excluding carboxylic acids is 1. The SMILES string of the molecule is CC(C)(CCN1CCCc2ccccc2C1=O)C(N)=S. The summed E-state index contributed by atoms with van der Waals surface area (Å²) in [5.74, 6) is 0.136. The van der Waals surface area contributed by atoms with E-state index in [2.05, 4.69) is 6.07 Å². The molecule has 2 rings (SSSR count). The highest BCUT2D eigenvalue weighted by Crippen LogP contribution is 2.24. The van der Waals surface area contributed by atoms with Gasteiger partial charge in [-0.2, -0.15) is 0 Å². The quantitative estimate of drug-likeness (QED) is 0.867. The number of nitrogens with zero attached hydrogens (tertiary/aromatic N) is 1. The molecular formula is C16H22N2OS. The van der Waals surface area contributed by atoms with E-state index >= 15 is 0 Å². The molecule has 0 radical (unpaired) electrons. The van der Waals surface area contributed by atoms with Gasteiger partial charge in [0.1, 0.15) is 0 Å². The Labute approximate surface area is 126 Å². The summed E-state index contributed by atoms with van der Waals surface area (Å²) < 4.78 is 0. The van der Waals surface area contributed by atoms with E-state index in [1.807, 2.05) is 36.9 Å². The Morgan fingerprint density at radius 1 is 1.40 bits per heavy atom. The van der Waals surface area contributed by atoms with Crippen molar-refractivity contribution >= 4 is 23.1 Å². The van der Waals surface area contributed by atoms with E-state index in [1.54, 1.807) is 0 Å². The number of benzene rings is 1. The van der Waals surface area contributed by atoms with Crippen LogP contribution in [0.15, 0.2) is 24.3 Å². The van der Waals surface area contributed by atoms with Crippen molar-refractivity contribution in [2.24, 2.45) is 11.1 Å². The molecule has 0 saturated heterocycles. The Morgan fingerprint density at radius 3 is 2.80 bits per heavy atom. The van der Waals surface area contributed by atoms with Gasteiger partial charge in [0.05, 0.1) is 4.99 Å². The Hall–Kier alpha value is -1.42. The molecule has 0 unspecified atom stereocenters. The van der Waals surface area contributed by atoms with Crippen LogP contribution in [-0.4, -0.2) is 28.9 Å². The summed E-state index contributed by atoms with van der Waals surface area (Å²) in [6.07, 6.45) is 2.78. The molecule has 1 heterocycles. The van der Waals surface area contributed by atoms with Crippen LogP contribution in [0.2, 0.25) is 0 Å². The van der Waals surface area contributed by atoms with Gasteiger partial charge in [0, 0.05) is 24.1 Å². The van der Waals surface area contributed by atoms with Gasteiger partial charge >= 0.3 is 0 Å². The van der Waals surface area contributed by atoms with E-state index in [1.165, 1.54) is 0 Å². The summed E-state index contributed by atoms with van der Waals surface area (Å²) in [7, 11) is 0. The molecule has 0 aromatic heterocycles. The highest BCUT2D eigenvalue weighted by molar-refractivity contribution is 7.80. The number of amides is 1. The minimum Gasteiger partial charge on any atom is -0.393 e. The highest BCUT2D eigenvalue weighted by Gasteiger charge is 2.26. The minimum atomic E-state index is -0.207. The van der Waals surface area contributed by atoms with Crippen LogP contribution in [0, 0.1) is 5.41 Å². The predicted molar refractivity (Wildman–Crippen MR) is 85.8 cm³/mol. The van der Waals surface area contributed by atoms with Crippen molar-refractivity contribution in [3.8, 4) is 0 Å². The van der Waals surface area contributed by atoms with Crippen molar-refractivity contribution in [3.63, 3.8) is 0 Å². The van der Waals surface area contributed by atoms with Crippen molar-refractivity contribution in [1.29, 1.82) is 0 Å². The normalized spacial score (nSPS) is 15.7. The largest absolute Gasteiger partial charge is 0.393 e. The molecular weight excluding hydrogens is 268 g/mol. The van der Waals surface area contributed by atoms with Crippen LogP contribution in [-0.2, 0) is 6.42 Å². The maximum Gasteiger partial charge on any atom is 0.254 e. The van der Waals surface area contributed by atoms with E-state index in [4.69, 9.17) is 18.0 Å². The topological polar surface area (TPSA) is 46.3 Å². The molecule has 1 aromatic carbocycles. The molecule has 0 saturated carbocycles. The van der Waals surface area contributed by atoms with Gasteiger partial charge in [0.25, 0.3) is 5.91 Å². The molecule has 0 spiro atoms. The van der Waals surface area contributed by atoms with Gasteiger partial charge in [-0.3, -0.25) is 4.79 Å². The third-order valence-electron chi connectivity index (χ3n) is 4.08. The first-order valence-corrected chi connectivity index (χ1v) is 7.50. The molecule has 20 heavy (non-hydrogen) atoms. The number of thiocarbonyl (C=S) groups is 1. The van der Waals surface area contributed by atoms with Crippen LogP contribution in [0.4, 0.5) is 0 Å². The van der Waals surface area contributed by atoms with Crippen LogP contribution in [0.25, 0.3) is 0 Å². The van der Waals surface area contributed by atoms with Crippen molar-refractivity contribution in [2.75, 3.05) is 13.1 Å². The van der Waals surface area contributed by atoms with Gasteiger partial charge in [-0.15, -0.1) is 0 Å². The van der Waals surface area contributed by atoms with Gasteiger partial charge < -0.3 is 10.6 Å². The summed E-state index contributed by atoms with van der Waals surface area (Å²) in [6.45, 7) is 5.58. The van der Waals surface area contributed by atoms with Gasteiger partial charge in [-0.1, -0.05) is 44.3 Å². The summed E-state index contributed by atoms with van der Waals surface area (Å²) in [4.78, 5) is 15.0. The molecule has 1 aliphatic rings. The maximum atomic E-state index is 12.6. The second-order valence-electron chi connectivity index (χ2n) is 6.05. The maximum absolute atomic E-state index is 12.6. The van der Waals surface area contributed by atoms with Gasteiger partial charge in [0.15, 0.2) is 0 Å². The Bertz CT molecular complexity index is 525. The van der Waals surface area contributed by atoms with Crippen molar-refractivity contribution < 1.29 is 4.79 Å². The van der Waals surface area contributed by atoms with Crippen LogP contribution in [0.3, 0.4) is 0 Å². The predicted octanol–water partition coefficient (Wildman–Crippen LogP) is 2.78. The second kappa shape index (κ2) is 5.92. The van der Waals surface area contributed by atoms with Gasteiger partial charge in [-0.05, 0) is 30.9 Å². The molecule has 0 bridgehead atoms. The first-order chi connectivity index (χ1) is 9.42. The molecule has 108 valence electrons. The van der Waals surface area contributed by atoms with Crippen LogP contribution >= 0.6 is 12.2 Å². The number of nitrogens with two attached hydrogens (primary N) is 1. The molecule has 4 heteroatoms. The lowest BCUT2D eigenvalue weighted by atomic mass is 9.89. The third kappa shape index (κ3) is 3.18. The average Bonchev–Trinajstić information content (AvgIpc) is 2.57. The first kappa shape index (κ1) is 15.0. The van der Waals surface area contributed by atoms with Gasteiger partial charge in [-0.25, -0.2) is 0 Å². The number of rotatable bonds is 4. The number of hydrogen-bond acceptors (Lipinski definition) is 2. The number of fused-ring (bicyclic) bond motifs is 1. The smallest absolute Gasteiger partial charge is 0.254 e. The third-order valence-corrected chi connectivity index (χ3v) is 4.64. The monoisotopic (exact) mass is 290 g/mol. The van der Waals surface area contributed by atoms with Crippen LogP contribution < -0.4 is 5.73 Å². The average molecular weight is 290 g/mol. The van der Waals surface area contributed by atoms with E-state index in [0.29, 0.717) is 11.5 Å².